The van der Waals surface area contributed by atoms with Crippen LogP contribution in [0.5, 0.6) is 0 Å². The fourth-order valence-electron chi connectivity index (χ4n) is 2.11. The fourth-order valence-corrected chi connectivity index (χ4v) is 2.11. The normalized spacial score (nSPS) is 12.5. The standard InChI is InChI=1S/C17H20N4O/c1-17(2,3)15(11-21-8-7-19-12-21)20-16(22)14-6-4-5-13(9-14)10-18/h4-9,12,15H,11H2,1-3H3,(H,20,22)/t15-/m0/s1. The van der Waals surface area contributed by atoms with Gasteiger partial charge in [-0.3, -0.25) is 4.79 Å². The topological polar surface area (TPSA) is 70.7 Å². The number of hydrogen-bond donors (Lipinski definition) is 1. The highest BCUT2D eigenvalue weighted by molar-refractivity contribution is 5.94. The molecule has 2 rings (SSSR count). The Morgan fingerprint density at radius 1 is 1.45 bits per heavy atom. The third-order valence-corrected chi connectivity index (χ3v) is 3.56. The van der Waals surface area contributed by atoms with E-state index >= 15 is 0 Å². The molecule has 0 fully saturated rings. The second kappa shape index (κ2) is 6.44. The molecule has 2 aromatic rings. The quantitative estimate of drug-likeness (QED) is 0.942. The zero-order valence-electron chi connectivity index (χ0n) is 13.1. The smallest absolute Gasteiger partial charge is 0.251 e. The summed E-state index contributed by atoms with van der Waals surface area (Å²) in [6.45, 7) is 6.90. The number of imidazole rings is 1. The third-order valence-electron chi connectivity index (χ3n) is 3.56. The molecular weight excluding hydrogens is 276 g/mol. The highest BCUT2D eigenvalue weighted by Gasteiger charge is 2.27. The van der Waals surface area contributed by atoms with Gasteiger partial charge in [0.1, 0.15) is 0 Å². The van der Waals surface area contributed by atoms with Crippen molar-refractivity contribution < 1.29 is 4.79 Å². The van der Waals surface area contributed by atoms with E-state index in [1.54, 1.807) is 36.8 Å². The van der Waals surface area contributed by atoms with Crippen LogP contribution in [0.4, 0.5) is 0 Å². The number of aromatic nitrogens is 2. The summed E-state index contributed by atoms with van der Waals surface area (Å²) in [5.41, 5.74) is 0.876. The molecule has 1 N–H and O–H groups in total. The van der Waals surface area contributed by atoms with E-state index in [9.17, 15) is 4.79 Å². The molecule has 5 heteroatoms. The van der Waals surface area contributed by atoms with Gasteiger partial charge in [0.15, 0.2) is 0 Å². The zero-order valence-corrected chi connectivity index (χ0v) is 13.1. The van der Waals surface area contributed by atoms with E-state index in [1.165, 1.54) is 0 Å². The number of benzene rings is 1. The highest BCUT2D eigenvalue weighted by atomic mass is 16.1. The molecule has 1 amide bonds. The van der Waals surface area contributed by atoms with Crippen molar-refractivity contribution in [3.05, 3.63) is 54.1 Å². The minimum Gasteiger partial charge on any atom is -0.347 e. The van der Waals surface area contributed by atoms with E-state index in [2.05, 4.69) is 31.1 Å². The number of nitriles is 1. The van der Waals surface area contributed by atoms with Crippen LogP contribution in [0.1, 0.15) is 36.7 Å². The lowest BCUT2D eigenvalue weighted by Crippen LogP contribution is -2.46. The van der Waals surface area contributed by atoms with Crippen molar-refractivity contribution in [3.63, 3.8) is 0 Å². The number of nitrogens with one attached hydrogen (secondary N) is 1. The van der Waals surface area contributed by atoms with Crippen LogP contribution in [-0.4, -0.2) is 21.5 Å². The number of carbonyl (C=O) groups is 1. The molecule has 1 heterocycles. The summed E-state index contributed by atoms with van der Waals surface area (Å²) in [7, 11) is 0. The predicted octanol–water partition coefficient (Wildman–Crippen LogP) is 2.60. The molecule has 0 aliphatic rings. The van der Waals surface area contributed by atoms with Crippen LogP contribution in [0, 0.1) is 16.7 Å². The van der Waals surface area contributed by atoms with E-state index in [1.807, 2.05) is 16.8 Å². The van der Waals surface area contributed by atoms with Crippen molar-refractivity contribution in [2.24, 2.45) is 5.41 Å². The molecule has 1 atom stereocenters. The predicted molar refractivity (Wildman–Crippen MR) is 84.1 cm³/mol. The Morgan fingerprint density at radius 2 is 2.23 bits per heavy atom. The van der Waals surface area contributed by atoms with Crippen molar-refractivity contribution in [3.8, 4) is 6.07 Å². The number of carbonyl (C=O) groups excluding carboxylic acids is 1. The molecule has 0 saturated heterocycles. The van der Waals surface area contributed by atoms with Crippen molar-refractivity contribution in [2.75, 3.05) is 0 Å². The molecule has 5 nitrogen and oxygen atoms in total. The van der Waals surface area contributed by atoms with Crippen LogP contribution in [0.2, 0.25) is 0 Å². The molecule has 0 saturated carbocycles. The van der Waals surface area contributed by atoms with Crippen LogP contribution in [-0.2, 0) is 6.54 Å². The summed E-state index contributed by atoms with van der Waals surface area (Å²) in [4.78, 5) is 16.5. The van der Waals surface area contributed by atoms with Gasteiger partial charge in [-0.15, -0.1) is 0 Å². The maximum atomic E-state index is 12.5. The van der Waals surface area contributed by atoms with E-state index in [0.29, 0.717) is 17.7 Å². The summed E-state index contributed by atoms with van der Waals surface area (Å²) < 4.78 is 1.95. The van der Waals surface area contributed by atoms with Gasteiger partial charge in [-0.2, -0.15) is 5.26 Å². The molecule has 0 bridgehead atoms. The lowest BCUT2D eigenvalue weighted by atomic mass is 9.86. The van der Waals surface area contributed by atoms with Crippen LogP contribution >= 0.6 is 0 Å². The van der Waals surface area contributed by atoms with Crippen LogP contribution in [0.3, 0.4) is 0 Å². The van der Waals surface area contributed by atoms with E-state index in [4.69, 9.17) is 5.26 Å². The van der Waals surface area contributed by atoms with Gasteiger partial charge in [-0.1, -0.05) is 26.8 Å². The molecule has 22 heavy (non-hydrogen) atoms. The van der Waals surface area contributed by atoms with Gasteiger partial charge in [0.25, 0.3) is 5.91 Å². The number of hydrogen-bond acceptors (Lipinski definition) is 3. The molecule has 0 radical (unpaired) electrons. The Morgan fingerprint density at radius 3 is 2.82 bits per heavy atom. The first-order valence-corrected chi connectivity index (χ1v) is 7.17. The Balaban J connectivity index is 2.16. The van der Waals surface area contributed by atoms with Crippen LogP contribution in [0.15, 0.2) is 43.0 Å². The first kappa shape index (κ1) is 15.8. The third kappa shape index (κ3) is 3.95. The summed E-state index contributed by atoms with van der Waals surface area (Å²) in [6, 6.07) is 8.71. The molecule has 1 aromatic heterocycles. The minimum absolute atomic E-state index is 0.0556. The second-order valence-electron chi connectivity index (χ2n) is 6.34. The van der Waals surface area contributed by atoms with Gasteiger partial charge in [0, 0.05) is 24.5 Å². The summed E-state index contributed by atoms with van der Waals surface area (Å²) in [5.74, 6) is -0.169. The van der Waals surface area contributed by atoms with Gasteiger partial charge in [0.05, 0.1) is 24.0 Å². The van der Waals surface area contributed by atoms with Crippen molar-refractivity contribution >= 4 is 5.91 Å². The zero-order chi connectivity index (χ0) is 16.2. The van der Waals surface area contributed by atoms with Crippen molar-refractivity contribution in [1.82, 2.24) is 14.9 Å². The van der Waals surface area contributed by atoms with Gasteiger partial charge >= 0.3 is 0 Å². The van der Waals surface area contributed by atoms with Gasteiger partial charge in [0.2, 0.25) is 0 Å². The second-order valence-corrected chi connectivity index (χ2v) is 6.34. The van der Waals surface area contributed by atoms with E-state index in [0.717, 1.165) is 0 Å². The number of amides is 1. The number of nitrogens with zero attached hydrogens (tertiary/aromatic N) is 3. The maximum Gasteiger partial charge on any atom is 0.251 e. The molecule has 0 unspecified atom stereocenters. The Labute approximate surface area is 130 Å². The Kier molecular flexibility index (Phi) is 4.62. The summed E-state index contributed by atoms with van der Waals surface area (Å²) in [6.07, 6.45) is 5.33. The Hall–Kier alpha value is -2.61. The molecule has 114 valence electrons. The maximum absolute atomic E-state index is 12.5. The minimum atomic E-state index is -0.169. The van der Waals surface area contributed by atoms with Crippen molar-refractivity contribution in [2.45, 2.75) is 33.4 Å². The molecule has 0 aliphatic heterocycles. The first-order valence-electron chi connectivity index (χ1n) is 7.17. The lowest BCUT2D eigenvalue weighted by Gasteiger charge is -2.31. The summed E-state index contributed by atoms with van der Waals surface area (Å²) in [5, 5.41) is 12.0. The number of rotatable bonds is 4. The molecule has 0 aliphatic carbocycles. The van der Waals surface area contributed by atoms with Gasteiger partial charge in [-0.05, 0) is 23.6 Å². The molecule has 1 aromatic carbocycles. The monoisotopic (exact) mass is 296 g/mol. The fraction of sp³-hybridized carbons (Fsp3) is 0.353. The van der Waals surface area contributed by atoms with Crippen LogP contribution in [0.25, 0.3) is 0 Å². The highest BCUT2D eigenvalue weighted by Crippen LogP contribution is 2.21. The average Bonchev–Trinajstić information content (AvgIpc) is 2.98. The van der Waals surface area contributed by atoms with Gasteiger partial charge in [-0.25, -0.2) is 4.98 Å². The van der Waals surface area contributed by atoms with E-state index in [-0.39, 0.29) is 17.4 Å². The molecular formula is C17H20N4O. The average molecular weight is 296 g/mol. The van der Waals surface area contributed by atoms with Crippen LogP contribution < -0.4 is 5.32 Å². The van der Waals surface area contributed by atoms with Crippen molar-refractivity contribution in [1.29, 1.82) is 5.26 Å². The van der Waals surface area contributed by atoms with E-state index < -0.39 is 0 Å². The SMILES string of the molecule is CC(C)(C)[C@H](Cn1ccnc1)NC(=O)c1cccc(C#N)c1. The first-order chi connectivity index (χ1) is 10.4. The lowest BCUT2D eigenvalue weighted by molar-refractivity contribution is 0.0892. The van der Waals surface area contributed by atoms with Gasteiger partial charge < -0.3 is 9.88 Å². The summed E-state index contributed by atoms with van der Waals surface area (Å²) >= 11 is 0. The Bertz CT molecular complexity index is 677. The molecule has 0 spiro atoms. The largest absolute Gasteiger partial charge is 0.347 e.